The molecular formula is C10H9NO5. The van der Waals surface area contributed by atoms with Gasteiger partial charge in [0.1, 0.15) is 0 Å². The highest BCUT2D eigenvalue weighted by Gasteiger charge is 2.09. The van der Waals surface area contributed by atoms with Gasteiger partial charge in [0.05, 0.1) is 12.1 Å². The van der Waals surface area contributed by atoms with Crippen LogP contribution in [0.3, 0.4) is 0 Å². The number of hydrogen-bond acceptors (Lipinski definition) is 3. The van der Waals surface area contributed by atoms with Gasteiger partial charge in [-0.3, -0.25) is 4.79 Å². The van der Waals surface area contributed by atoms with Crippen LogP contribution >= 0.6 is 0 Å². The zero-order valence-electron chi connectivity index (χ0n) is 8.21. The number of aliphatic carboxylic acids is 1. The van der Waals surface area contributed by atoms with E-state index >= 15 is 0 Å². The Kier molecular flexibility index (Phi) is 3.24. The Morgan fingerprint density at radius 1 is 1.31 bits per heavy atom. The van der Waals surface area contributed by atoms with Crippen molar-refractivity contribution in [1.29, 1.82) is 0 Å². The van der Waals surface area contributed by atoms with Gasteiger partial charge in [0.15, 0.2) is 0 Å². The van der Waals surface area contributed by atoms with E-state index < -0.39 is 17.5 Å². The molecule has 0 unspecified atom stereocenters. The Labute approximate surface area is 90.1 Å². The van der Waals surface area contributed by atoms with E-state index in [1.54, 1.807) is 0 Å². The van der Waals surface area contributed by atoms with Gasteiger partial charge in [-0.2, -0.15) is 0 Å². The first-order chi connectivity index (χ1) is 7.41. The quantitative estimate of drug-likeness (QED) is 0.710. The number of carbonyl (C=O) groups is 2. The third-order valence-corrected chi connectivity index (χ3v) is 1.89. The number of aromatic nitrogens is 1. The first-order valence-corrected chi connectivity index (χ1v) is 4.26. The van der Waals surface area contributed by atoms with E-state index in [1.807, 2.05) is 0 Å². The second-order valence-corrected chi connectivity index (χ2v) is 3.10. The van der Waals surface area contributed by atoms with Crippen LogP contribution in [0.2, 0.25) is 0 Å². The molecule has 0 aromatic carbocycles. The fourth-order valence-electron chi connectivity index (χ4n) is 1.05. The molecule has 0 spiro atoms. The van der Waals surface area contributed by atoms with Crippen molar-refractivity contribution in [2.45, 2.75) is 6.54 Å². The van der Waals surface area contributed by atoms with Crippen LogP contribution in [0.5, 0.6) is 0 Å². The molecule has 0 radical (unpaired) electrons. The van der Waals surface area contributed by atoms with Crippen LogP contribution < -0.4 is 5.56 Å². The van der Waals surface area contributed by atoms with Gasteiger partial charge in [-0.25, -0.2) is 9.59 Å². The number of carboxylic acid groups (broad SMARTS) is 2. The van der Waals surface area contributed by atoms with Gasteiger partial charge in [-0.15, -0.1) is 0 Å². The second-order valence-electron chi connectivity index (χ2n) is 3.10. The van der Waals surface area contributed by atoms with E-state index in [1.165, 1.54) is 0 Å². The second kappa shape index (κ2) is 4.43. The zero-order chi connectivity index (χ0) is 12.3. The molecule has 0 saturated carbocycles. The van der Waals surface area contributed by atoms with Crippen LogP contribution in [0, 0.1) is 0 Å². The van der Waals surface area contributed by atoms with Crippen molar-refractivity contribution < 1.29 is 19.8 Å². The van der Waals surface area contributed by atoms with Crippen LogP contribution in [0.4, 0.5) is 0 Å². The van der Waals surface area contributed by atoms with Crippen molar-refractivity contribution in [3.05, 3.63) is 46.4 Å². The molecule has 0 amide bonds. The molecule has 1 aromatic rings. The summed E-state index contributed by atoms with van der Waals surface area (Å²) in [5, 5.41) is 17.3. The average Bonchev–Trinajstić information content (AvgIpc) is 2.20. The normalized spacial score (nSPS) is 9.75. The molecule has 6 nitrogen and oxygen atoms in total. The Hall–Kier alpha value is -2.37. The summed E-state index contributed by atoms with van der Waals surface area (Å²) in [5.74, 6) is -2.41. The van der Waals surface area contributed by atoms with E-state index in [-0.39, 0.29) is 17.7 Å². The van der Waals surface area contributed by atoms with Crippen LogP contribution in [0.25, 0.3) is 0 Å². The first kappa shape index (κ1) is 11.7. The number of rotatable bonds is 4. The molecular weight excluding hydrogens is 214 g/mol. The fourth-order valence-corrected chi connectivity index (χ4v) is 1.05. The fraction of sp³-hybridized carbons (Fsp3) is 0.100. The molecule has 16 heavy (non-hydrogen) atoms. The summed E-state index contributed by atoms with van der Waals surface area (Å²) in [5.41, 5.74) is -0.755. The molecule has 1 rings (SSSR count). The topological polar surface area (TPSA) is 96.6 Å². The van der Waals surface area contributed by atoms with Crippen LogP contribution in [-0.4, -0.2) is 26.7 Å². The van der Waals surface area contributed by atoms with Crippen molar-refractivity contribution in [2.75, 3.05) is 0 Å². The molecule has 2 N–H and O–H groups in total. The van der Waals surface area contributed by atoms with Crippen molar-refractivity contribution >= 4 is 11.9 Å². The minimum absolute atomic E-state index is 0.0854. The molecule has 6 heteroatoms. The predicted molar refractivity (Wildman–Crippen MR) is 54.4 cm³/mol. The Morgan fingerprint density at radius 3 is 2.44 bits per heavy atom. The van der Waals surface area contributed by atoms with Gasteiger partial charge in [-0.05, 0) is 6.07 Å². The molecule has 0 atom stereocenters. The summed E-state index contributed by atoms with van der Waals surface area (Å²) >= 11 is 0. The van der Waals surface area contributed by atoms with E-state index in [0.29, 0.717) is 0 Å². The molecule has 0 aliphatic rings. The lowest BCUT2D eigenvalue weighted by Gasteiger charge is -2.05. The van der Waals surface area contributed by atoms with Crippen molar-refractivity contribution in [3.8, 4) is 0 Å². The number of aromatic carboxylic acids is 1. The van der Waals surface area contributed by atoms with Gasteiger partial charge in [0, 0.05) is 17.8 Å². The van der Waals surface area contributed by atoms with Gasteiger partial charge in [-0.1, -0.05) is 6.58 Å². The summed E-state index contributed by atoms with van der Waals surface area (Å²) in [4.78, 5) is 32.4. The monoisotopic (exact) mass is 223 g/mol. The largest absolute Gasteiger partial charge is 0.478 e. The van der Waals surface area contributed by atoms with Gasteiger partial charge >= 0.3 is 11.9 Å². The van der Waals surface area contributed by atoms with Gasteiger partial charge in [0.2, 0.25) is 0 Å². The highest BCUT2D eigenvalue weighted by molar-refractivity contribution is 5.87. The maximum atomic E-state index is 11.3. The molecule has 0 saturated heterocycles. The maximum absolute atomic E-state index is 11.3. The van der Waals surface area contributed by atoms with Crippen LogP contribution in [0.1, 0.15) is 10.4 Å². The number of nitrogens with zero attached hydrogens (tertiary/aromatic N) is 1. The standard InChI is InChI=1S/C10H9NO5/c1-6(9(13)14)4-11-5-7(10(15)16)2-3-8(11)12/h2-3,5H,1,4H2,(H,13,14)(H,15,16). The smallest absolute Gasteiger partial charge is 0.337 e. The number of hydrogen-bond donors (Lipinski definition) is 2. The molecule has 0 bridgehead atoms. The number of carboxylic acids is 2. The van der Waals surface area contributed by atoms with Gasteiger partial charge < -0.3 is 14.8 Å². The van der Waals surface area contributed by atoms with E-state index in [9.17, 15) is 14.4 Å². The highest BCUT2D eigenvalue weighted by Crippen LogP contribution is 1.99. The summed E-state index contributed by atoms with van der Waals surface area (Å²) in [6.45, 7) is 3.02. The van der Waals surface area contributed by atoms with Crippen LogP contribution in [0.15, 0.2) is 35.3 Å². The van der Waals surface area contributed by atoms with Crippen molar-refractivity contribution in [2.24, 2.45) is 0 Å². The van der Waals surface area contributed by atoms with Crippen molar-refractivity contribution in [3.63, 3.8) is 0 Å². The predicted octanol–water partition coefficient (Wildman–Crippen LogP) is 0.187. The lowest BCUT2D eigenvalue weighted by atomic mass is 10.2. The minimum Gasteiger partial charge on any atom is -0.478 e. The molecule has 0 aliphatic heterocycles. The zero-order valence-corrected chi connectivity index (χ0v) is 8.21. The lowest BCUT2D eigenvalue weighted by Crippen LogP contribution is -2.22. The van der Waals surface area contributed by atoms with E-state index in [2.05, 4.69) is 6.58 Å². The summed E-state index contributed by atoms with van der Waals surface area (Å²) in [6.07, 6.45) is 1.08. The Balaban J connectivity index is 3.08. The Morgan fingerprint density at radius 2 is 1.94 bits per heavy atom. The molecule has 1 heterocycles. The Bertz CT molecular complexity index is 514. The lowest BCUT2D eigenvalue weighted by molar-refractivity contribution is -0.132. The van der Waals surface area contributed by atoms with Crippen molar-refractivity contribution in [1.82, 2.24) is 4.57 Å². The highest BCUT2D eigenvalue weighted by atomic mass is 16.4. The maximum Gasteiger partial charge on any atom is 0.337 e. The summed E-state index contributed by atoms with van der Waals surface area (Å²) in [7, 11) is 0. The van der Waals surface area contributed by atoms with E-state index in [0.717, 1.165) is 22.9 Å². The molecule has 84 valence electrons. The number of pyridine rings is 1. The minimum atomic E-state index is -1.23. The molecule has 1 aromatic heterocycles. The SMILES string of the molecule is C=C(Cn1cc(C(=O)O)ccc1=O)C(=O)O. The average molecular weight is 223 g/mol. The van der Waals surface area contributed by atoms with Gasteiger partial charge in [0.25, 0.3) is 5.56 Å². The third kappa shape index (κ3) is 2.57. The first-order valence-electron chi connectivity index (χ1n) is 4.26. The summed E-state index contributed by atoms with van der Waals surface area (Å²) < 4.78 is 0.986. The van der Waals surface area contributed by atoms with Crippen LogP contribution in [-0.2, 0) is 11.3 Å². The molecule has 0 fully saturated rings. The third-order valence-electron chi connectivity index (χ3n) is 1.89. The summed E-state index contributed by atoms with van der Waals surface area (Å²) in [6, 6.07) is 2.23. The van der Waals surface area contributed by atoms with E-state index in [4.69, 9.17) is 10.2 Å². The molecule has 0 aliphatic carbocycles.